The van der Waals surface area contributed by atoms with Crippen molar-refractivity contribution in [2.45, 2.75) is 24.8 Å². The van der Waals surface area contributed by atoms with Crippen molar-refractivity contribution in [1.29, 1.82) is 0 Å². The van der Waals surface area contributed by atoms with Gasteiger partial charge in [-0.05, 0) is 17.9 Å². The summed E-state index contributed by atoms with van der Waals surface area (Å²) >= 11 is 0. The normalized spacial score (nSPS) is 24.3. The van der Waals surface area contributed by atoms with E-state index in [4.69, 9.17) is 5.73 Å². The van der Waals surface area contributed by atoms with Crippen LogP contribution in [0.2, 0.25) is 0 Å². The van der Waals surface area contributed by atoms with Crippen LogP contribution < -0.4 is 5.73 Å². The first-order valence-electron chi connectivity index (χ1n) is 9.24. The summed E-state index contributed by atoms with van der Waals surface area (Å²) in [6.07, 6.45) is -8.17. The number of alkyl halides is 7. The number of nitrogens with zero attached hydrogens (tertiary/aromatic N) is 4. The summed E-state index contributed by atoms with van der Waals surface area (Å²) in [6.45, 7) is 0.922. The molecule has 30 heavy (non-hydrogen) atoms. The standard InChI is InChI=1S/C18H18F7N5/c19-1-2-29-6-10-11(7-29)15(10)30-8-13(28-14(30)4-17(20,21)22)9-3-12(18(23,24)25)16(26)27-5-9/h3,5,8,10-11,15H,1-2,4,6-7H2,(H2,26,27)/t10-,11+,15+. The molecule has 0 amide bonds. The topological polar surface area (TPSA) is 60.0 Å². The van der Waals surface area contributed by atoms with Gasteiger partial charge in [-0.2, -0.15) is 26.3 Å². The fourth-order valence-electron chi connectivity index (χ4n) is 4.28. The zero-order chi connectivity index (χ0) is 21.8. The highest BCUT2D eigenvalue weighted by Crippen LogP contribution is 2.56. The number of halogens is 7. The Morgan fingerprint density at radius 2 is 1.77 bits per heavy atom. The lowest BCUT2D eigenvalue weighted by atomic mass is 10.1. The molecule has 1 aliphatic heterocycles. The van der Waals surface area contributed by atoms with Crippen LogP contribution in [0.15, 0.2) is 18.5 Å². The third-order valence-electron chi connectivity index (χ3n) is 5.63. The molecule has 1 saturated carbocycles. The lowest BCUT2D eigenvalue weighted by molar-refractivity contribution is -0.137. The number of nitrogens with two attached hydrogens (primary N) is 1. The van der Waals surface area contributed by atoms with Crippen LogP contribution in [-0.4, -0.2) is 51.9 Å². The Hall–Kier alpha value is -2.37. The predicted molar refractivity (Wildman–Crippen MR) is 93.1 cm³/mol. The number of likely N-dealkylation sites (tertiary alicyclic amines) is 1. The number of hydrogen-bond donors (Lipinski definition) is 1. The summed E-state index contributed by atoms with van der Waals surface area (Å²) in [7, 11) is 0. The Morgan fingerprint density at radius 1 is 1.10 bits per heavy atom. The van der Waals surface area contributed by atoms with Gasteiger partial charge in [0.15, 0.2) is 0 Å². The molecule has 5 nitrogen and oxygen atoms in total. The maximum atomic E-state index is 13.1. The van der Waals surface area contributed by atoms with Gasteiger partial charge >= 0.3 is 12.4 Å². The Labute approximate surface area is 166 Å². The SMILES string of the molecule is Nc1ncc(-c2cn([C@H]3[C@@H]4CN(CCF)C[C@@H]43)c(CC(F)(F)F)n2)cc1C(F)(F)F. The first kappa shape index (κ1) is 20.9. The first-order chi connectivity index (χ1) is 14.0. The molecule has 4 rings (SSSR count). The average Bonchev–Trinajstić information content (AvgIpc) is 2.96. The Balaban J connectivity index is 1.66. The maximum Gasteiger partial charge on any atom is 0.419 e. The van der Waals surface area contributed by atoms with Crippen molar-refractivity contribution in [3.8, 4) is 11.3 Å². The molecule has 164 valence electrons. The molecule has 3 atom stereocenters. The average molecular weight is 437 g/mol. The van der Waals surface area contributed by atoms with Gasteiger partial charge in [0.1, 0.15) is 24.7 Å². The third-order valence-corrected chi connectivity index (χ3v) is 5.63. The number of piperidine rings is 1. The van der Waals surface area contributed by atoms with E-state index in [0.29, 0.717) is 13.1 Å². The van der Waals surface area contributed by atoms with E-state index in [1.807, 2.05) is 4.90 Å². The Morgan fingerprint density at radius 3 is 2.33 bits per heavy atom. The van der Waals surface area contributed by atoms with Crippen LogP contribution >= 0.6 is 0 Å². The zero-order valence-electron chi connectivity index (χ0n) is 15.5. The Kier molecular flexibility index (Phi) is 4.94. The van der Waals surface area contributed by atoms with Crippen LogP contribution in [0, 0.1) is 11.8 Å². The molecular weight excluding hydrogens is 419 g/mol. The highest BCUT2D eigenvalue weighted by molar-refractivity contribution is 5.62. The van der Waals surface area contributed by atoms with Crippen molar-refractivity contribution < 1.29 is 30.7 Å². The van der Waals surface area contributed by atoms with E-state index in [0.717, 1.165) is 12.3 Å². The van der Waals surface area contributed by atoms with Gasteiger partial charge in [0.05, 0.1) is 11.3 Å². The van der Waals surface area contributed by atoms with Gasteiger partial charge in [-0.25, -0.2) is 14.4 Å². The van der Waals surface area contributed by atoms with Gasteiger partial charge in [0.25, 0.3) is 0 Å². The van der Waals surface area contributed by atoms with E-state index in [9.17, 15) is 30.7 Å². The maximum absolute atomic E-state index is 13.1. The summed E-state index contributed by atoms with van der Waals surface area (Å²) in [5, 5.41) is 0. The second kappa shape index (κ2) is 7.10. The van der Waals surface area contributed by atoms with E-state index in [2.05, 4.69) is 9.97 Å². The highest BCUT2D eigenvalue weighted by atomic mass is 19.4. The quantitative estimate of drug-likeness (QED) is 0.725. The number of pyridine rings is 1. The molecule has 0 unspecified atom stereocenters. The number of nitrogen functional groups attached to an aromatic ring is 1. The lowest BCUT2D eigenvalue weighted by Crippen LogP contribution is -2.27. The molecule has 0 aromatic carbocycles. The number of anilines is 1. The van der Waals surface area contributed by atoms with Crippen molar-refractivity contribution >= 4 is 5.82 Å². The van der Waals surface area contributed by atoms with E-state index in [-0.39, 0.29) is 41.5 Å². The van der Waals surface area contributed by atoms with Crippen LogP contribution in [0.1, 0.15) is 17.4 Å². The zero-order valence-corrected chi connectivity index (χ0v) is 15.5. The highest BCUT2D eigenvalue weighted by Gasteiger charge is 2.57. The van der Waals surface area contributed by atoms with Gasteiger partial charge < -0.3 is 15.2 Å². The monoisotopic (exact) mass is 437 g/mol. The second-order valence-electron chi connectivity index (χ2n) is 7.66. The number of hydrogen-bond acceptors (Lipinski definition) is 4. The number of rotatable bonds is 5. The molecule has 1 saturated heterocycles. The lowest BCUT2D eigenvalue weighted by Gasteiger charge is -2.19. The molecule has 0 spiro atoms. The summed E-state index contributed by atoms with van der Waals surface area (Å²) in [5.41, 5.74) is 4.03. The van der Waals surface area contributed by atoms with Crippen molar-refractivity contribution in [2.75, 3.05) is 32.0 Å². The Bertz CT molecular complexity index is 924. The van der Waals surface area contributed by atoms with Crippen LogP contribution in [0.3, 0.4) is 0 Å². The summed E-state index contributed by atoms with van der Waals surface area (Å²) in [4.78, 5) is 9.42. The van der Waals surface area contributed by atoms with Crippen molar-refractivity contribution in [3.05, 3.63) is 29.8 Å². The summed E-state index contributed by atoms with van der Waals surface area (Å²) in [5.74, 6) is -0.841. The van der Waals surface area contributed by atoms with E-state index in [1.165, 1.54) is 10.8 Å². The minimum absolute atomic E-state index is 0.0298. The molecule has 2 aromatic heterocycles. The van der Waals surface area contributed by atoms with Gasteiger partial charge in [0.2, 0.25) is 0 Å². The van der Waals surface area contributed by atoms with Gasteiger partial charge in [-0.1, -0.05) is 0 Å². The van der Waals surface area contributed by atoms with E-state index < -0.39 is 36.8 Å². The molecule has 1 aliphatic carbocycles. The van der Waals surface area contributed by atoms with Gasteiger partial charge in [-0.3, -0.25) is 0 Å². The third kappa shape index (κ3) is 3.96. The molecule has 2 fully saturated rings. The van der Waals surface area contributed by atoms with Crippen molar-refractivity contribution in [2.24, 2.45) is 11.8 Å². The van der Waals surface area contributed by atoms with Gasteiger partial charge in [-0.15, -0.1) is 0 Å². The smallest absolute Gasteiger partial charge is 0.383 e. The number of imidazole rings is 1. The van der Waals surface area contributed by atoms with Crippen LogP contribution in [-0.2, 0) is 12.6 Å². The molecule has 12 heteroatoms. The fraction of sp³-hybridized carbons (Fsp3) is 0.556. The molecule has 2 aromatic rings. The predicted octanol–water partition coefficient (Wildman–Crippen LogP) is 3.72. The molecule has 2 N–H and O–H groups in total. The first-order valence-corrected chi connectivity index (χ1v) is 9.24. The molecular formula is C18H18F7N5. The summed E-state index contributed by atoms with van der Waals surface area (Å²) in [6, 6.07) is 0.506. The van der Waals surface area contributed by atoms with E-state index in [1.54, 1.807) is 0 Å². The molecule has 0 radical (unpaired) electrons. The molecule has 2 aliphatic rings. The molecule has 0 bridgehead atoms. The van der Waals surface area contributed by atoms with Crippen LogP contribution in [0.5, 0.6) is 0 Å². The van der Waals surface area contributed by atoms with Crippen molar-refractivity contribution in [3.63, 3.8) is 0 Å². The fourth-order valence-corrected chi connectivity index (χ4v) is 4.28. The van der Waals surface area contributed by atoms with E-state index >= 15 is 0 Å². The largest absolute Gasteiger partial charge is 0.419 e. The van der Waals surface area contributed by atoms with Crippen molar-refractivity contribution in [1.82, 2.24) is 19.4 Å². The van der Waals surface area contributed by atoms with Gasteiger partial charge in [0, 0.05) is 43.6 Å². The number of fused-ring (bicyclic) bond motifs is 1. The second-order valence-corrected chi connectivity index (χ2v) is 7.66. The minimum atomic E-state index is -4.75. The minimum Gasteiger partial charge on any atom is -0.383 e. The number of aromatic nitrogens is 3. The van der Waals surface area contributed by atoms with Crippen LogP contribution in [0.4, 0.5) is 36.6 Å². The van der Waals surface area contributed by atoms with Crippen LogP contribution in [0.25, 0.3) is 11.3 Å². The summed E-state index contributed by atoms with van der Waals surface area (Å²) < 4.78 is 92.5. The molecule has 3 heterocycles.